The van der Waals surface area contributed by atoms with Crippen molar-refractivity contribution in [2.75, 3.05) is 13.1 Å². The Bertz CT molecular complexity index is 1660. The maximum atomic E-state index is 14.4. The van der Waals surface area contributed by atoms with Gasteiger partial charge in [-0.05, 0) is 60.9 Å². The minimum absolute atomic E-state index is 0.00441. The molecule has 2 aliphatic heterocycles. The van der Waals surface area contributed by atoms with Crippen molar-refractivity contribution in [3.8, 4) is 16.9 Å². The molecule has 2 aromatic carbocycles. The second-order valence-electron chi connectivity index (χ2n) is 10.3. The van der Waals surface area contributed by atoms with E-state index in [-0.39, 0.29) is 42.1 Å². The first-order valence-electron chi connectivity index (χ1n) is 13.3. The average molecular weight is 582 g/mol. The highest BCUT2D eigenvalue weighted by atomic mass is 19.4. The summed E-state index contributed by atoms with van der Waals surface area (Å²) in [5, 5.41) is 4.34. The first-order chi connectivity index (χ1) is 20.1. The predicted molar refractivity (Wildman–Crippen MR) is 141 cm³/mol. The summed E-state index contributed by atoms with van der Waals surface area (Å²) in [6, 6.07) is 11.9. The molecule has 0 aliphatic carbocycles. The lowest BCUT2D eigenvalue weighted by atomic mass is 9.94. The first kappa shape index (κ1) is 27.6. The minimum Gasteiger partial charge on any atom is -0.337 e. The van der Waals surface area contributed by atoms with Gasteiger partial charge < -0.3 is 9.80 Å². The normalized spacial score (nSPS) is 16.1. The quantitative estimate of drug-likeness (QED) is 0.302. The number of piperidine rings is 1. The van der Waals surface area contributed by atoms with Gasteiger partial charge in [-0.15, -0.1) is 0 Å². The summed E-state index contributed by atoms with van der Waals surface area (Å²) in [6.07, 6.45) is -0.832. The smallest absolute Gasteiger partial charge is 0.337 e. The third kappa shape index (κ3) is 5.12. The fourth-order valence-electron chi connectivity index (χ4n) is 5.61. The van der Waals surface area contributed by atoms with Crippen LogP contribution < -0.4 is 0 Å². The highest BCUT2D eigenvalue weighted by molar-refractivity contribution is 5.93. The topological polar surface area (TPSA) is 71.3 Å². The molecule has 0 N–H and O–H groups in total. The summed E-state index contributed by atoms with van der Waals surface area (Å²) in [5.41, 5.74) is 0.479. The van der Waals surface area contributed by atoms with Gasteiger partial charge in [-0.3, -0.25) is 14.6 Å². The van der Waals surface area contributed by atoms with Crippen LogP contribution >= 0.6 is 0 Å². The summed E-state index contributed by atoms with van der Waals surface area (Å²) in [7, 11) is 0. The standard InChI is InChI=1S/C30H24F5N5O2/c31-24-5-1-3-18-13-28(41)39(17-22(18)24)20-8-11-38(12-9-20)29(42)26-15-27(19-4-2-10-36-16-19)40(37-26)21-6-7-25(32)23(14-21)30(33,34)35/h1-7,10,14-16,20H,8-9,11-13,17H2. The number of benzene rings is 2. The molecule has 1 fully saturated rings. The summed E-state index contributed by atoms with van der Waals surface area (Å²) in [5.74, 6) is -2.29. The van der Waals surface area contributed by atoms with Crippen molar-refractivity contribution in [1.29, 1.82) is 0 Å². The SMILES string of the molecule is O=C(c1cc(-c2cccnc2)n(-c2ccc(F)c(C(F)(F)F)c2)n1)N1CCC(N2Cc3c(F)cccc3CC2=O)CC1. The van der Waals surface area contributed by atoms with Crippen molar-refractivity contribution >= 4 is 11.8 Å². The van der Waals surface area contributed by atoms with Crippen LogP contribution in [0.3, 0.4) is 0 Å². The first-order valence-corrected chi connectivity index (χ1v) is 13.3. The maximum absolute atomic E-state index is 14.4. The van der Waals surface area contributed by atoms with Crippen LogP contribution in [0.15, 0.2) is 67.0 Å². The molecule has 0 unspecified atom stereocenters. The molecule has 42 heavy (non-hydrogen) atoms. The lowest BCUT2D eigenvalue weighted by molar-refractivity contribution is -0.140. The van der Waals surface area contributed by atoms with Gasteiger partial charge in [0.1, 0.15) is 11.6 Å². The fraction of sp³-hybridized carbons (Fsp3) is 0.267. The van der Waals surface area contributed by atoms with Crippen LogP contribution in [-0.2, 0) is 23.9 Å². The molecule has 0 radical (unpaired) electrons. The zero-order chi connectivity index (χ0) is 29.6. The van der Waals surface area contributed by atoms with Crippen LogP contribution in [0.5, 0.6) is 0 Å². The van der Waals surface area contributed by atoms with Crippen molar-refractivity contribution in [1.82, 2.24) is 24.6 Å². The minimum atomic E-state index is -4.92. The number of pyridine rings is 1. The highest BCUT2D eigenvalue weighted by Crippen LogP contribution is 2.34. The Balaban J connectivity index is 1.24. The lowest BCUT2D eigenvalue weighted by Crippen LogP contribution is -2.50. The van der Waals surface area contributed by atoms with Gasteiger partial charge in [0.05, 0.1) is 23.4 Å². The number of aromatic nitrogens is 3. The molecule has 2 amide bonds. The molecule has 12 heteroatoms. The fourth-order valence-corrected chi connectivity index (χ4v) is 5.61. The van der Waals surface area contributed by atoms with Gasteiger partial charge in [0.15, 0.2) is 5.69 Å². The Morgan fingerprint density at radius 3 is 2.45 bits per heavy atom. The van der Waals surface area contributed by atoms with Crippen LogP contribution in [0.25, 0.3) is 16.9 Å². The van der Waals surface area contributed by atoms with E-state index >= 15 is 0 Å². The van der Waals surface area contributed by atoms with E-state index in [9.17, 15) is 31.5 Å². The molecule has 0 atom stereocenters. The second-order valence-corrected chi connectivity index (χ2v) is 10.3. The van der Waals surface area contributed by atoms with Gasteiger partial charge in [-0.1, -0.05) is 12.1 Å². The number of alkyl halides is 3. The van der Waals surface area contributed by atoms with Crippen LogP contribution in [0, 0.1) is 11.6 Å². The largest absolute Gasteiger partial charge is 0.419 e. The third-order valence-electron chi connectivity index (χ3n) is 7.78. The Kier molecular flexibility index (Phi) is 6.99. The molecular formula is C30H24F5N5O2. The van der Waals surface area contributed by atoms with Gasteiger partial charge in [-0.25, -0.2) is 13.5 Å². The molecule has 7 nitrogen and oxygen atoms in total. The average Bonchev–Trinajstić information content (AvgIpc) is 3.42. The van der Waals surface area contributed by atoms with E-state index in [0.29, 0.717) is 60.4 Å². The Morgan fingerprint density at radius 2 is 1.74 bits per heavy atom. The predicted octanol–water partition coefficient (Wildman–Crippen LogP) is 5.42. The molecule has 216 valence electrons. The van der Waals surface area contributed by atoms with Crippen molar-refractivity contribution in [2.45, 2.75) is 38.0 Å². The van der Waals surface area contributed by atoms with E-state index in [4.69, 9.17) is 0 Å². The molecular weight excluding hydrogens is 557 g/mol. The lowest BCUT2D eigenvalue weighted by Gasteiger charge is -2.40. The molecule has 0 bridgehead atoms. The molecule has 0 spiro atoms. The van der Waals surface area contributed by atoms with Gasteiger partial charge in [0.25, 0.3) is 5.91 Å². The Morgan fingerprint density at radius 1 is 0.952 bits per heavy atom. The number of hydrogen-bond acceptors (Lipinski definition) is 4. The molecule has 4 heterocycles. The van der Waals surface area contributed by atoms with Crippen LogP contribution in [0.4, 0.5) is 22.0 Å². The number of nitrogens with zero attached hydrogens (tertiary/aromatic N) is 5. The van der Waals surface area contributed by atoms with Gasteiger partial charge in [0, 0.05) is 49.2 Å². The van der Waals surface area contributed by atoms with Crippen molar-refractivity contribution in [3.05, 3.63) is 101 Å². The zero-order valence-corrected chi connectivity index (χ0v) is 22.1. The maximum Gasteiger partial charge on any atom is 0.419 e. The number of halogens is 5. The number of carbonyl (C=O) groups is 2. The van der Waals surface area contributed by atoms with E-state index in [1.165, 1.54) is 29.2 Å². The Hall–Kier alpha value is -4.61. The molecule has 2 aromatic heterocycles. The second kappa shape index (κ2) is 10.7. The van der Waals surface area contributed by atoms with Crippen LogP contribution in [-0.4, -0.2) is 55.5 Å². The summed E-state index contributed by atoms with van der Waals surface area (Å²) in [4.78, 5) is 33.7. The highest BCUT2D eigenvalue weighted by Gasteiger charge is 2.36. The van der Waals surface area contributed by atoms with Gasteiger partial charge >= 0.3 is 6.18 Å². The van der Waals surface area contributed by atoms with E-state index in [2.05, 4.69) is 10.1 Å². The number of amides is 2. The van der Waals surface area contributed by atoms with E-state index in [1.807, 2.05) is 0 Å². The van der Waals surface area contributed by atoms with E-state index in [1.54, 1.807) is 34.1 Å². The summed E-state index contributed by atoms with van der Waals surface area (Å²) in [6.45, 7) is 0.790. The molecule has 1 saturated heterocycles. The molecule has 0 saturated carbocycles. The van der Waals surface area contributed by atoms with Gasteiger partial charge in [-0.2, -0.15) is 18.3 Å². The monoisotopic (exact) mass is 581 g/mol. The summed E-state index contributed by atoms with van der Waals surface area (Å²) < 4.78 is 69.9. The molecule has 4 aromatic rings. The van der Waals surface area contributed by atoms with Crippen molar-refractivity contribution in [3.63, 3.8) is 0 Å². The number of likely N-dealkylation sites (tertiary alicyclic amines) is 1. The number of rotatable bonds is 4. The van der Waals surface area contributed by atoms with E-state index < -0.39 is 23.5 Å². The number of carbonyl (C=O) groups excluding carboxylic acids is 2. The Labute approximate surface area is 237 Å². The van der Waals surface area contributed by atoms with Crippen molar-refractivity contribution < 1.29 is 31.5 Å². The van der Waals surface area contributed by atoms with E-state index in [0.717, 1.165) is 6.07 Å². The van der Waals surface area contributed by atoms with Crippen LogP contribution in [0.2, 0.25) is 0 Å². The number of fused-ring (bicyclic) bond motifs is 1. The van der Waals surface area contributed by atoms with Crippen molar-refractivity contribution in [2.24, 2.45) is 0 Å². The molecule has 6 rings (SSSR count). The number of hydrogen-bond donors (Lipinski definition) is 0. The van der Waals surface area contributed by atoms with Crippen LogP contribution in [0.1, 0.15) is 40.0 Å². The third-order valence-corrected chi connectivity index (χ3v) is 7.78. The van der Waals surface area contributed by atoms with Gasteiger partial charge in [0.2, 0.25) is 5.91 Å². The summed E-state index contributed by atoms with van der Waals surface area (Å²) >= 11 is 0. The zero-order valence-electron chi connectivity index (χ0n) is 22.1. The molecule has 2 aliphatic rings.